The number of carbonyl (C=O) groups excluding carboxylic acids is 1. The second-order valence-electron chi connectivity index (χ2n) is 7.17. The molecule has 3 aromatic rings. The number of thioether (sulfide) groups is 1. The summed E-state index contributed by atoms with van der Waals surface area (Å²) in [5.41, 5.74) is 1.98. The molecule has 0 saturated heterocycles. The van der Waals surface area contributed by atoms with E-state index in [1.807, 2.05) is 18.2 Å². The highest BCUT2D eigenvalue weighted by atomic mass is 32.2. The van der Waals surface area contributed by atoms with Crippen molar-refractivity contribution in [3.63, 3.8) is 0 Å². The number of aryl methyl sites for hydroxylation is 1. The molecule has 0 spiro atoms. The van der Waals surface area contributed by atoms with Crippen LogP contribution in [0.1, 0.15) is 39.0 Å². The molecule has 2 aromatic heterocycles. The van der Waals surface area contributed by atoms with Gasteiger partial charge >= 0.3 is 0 Å². The van der Waals surface area contributed by atoms with E-state index in [4.69, 9.17) is 0 Å². The van der Waals surface area contributed by atoms with Gasteiger partial charge in [-0.3, -0.25) is 4.79 Å². The van der Waals surface area contributed by atoms with Crippen LogP contribution in [-0.2, 0) is 11.3 Å². The predicted octanol–water partition coefficient (Wildman–Crippen LogP) is 3.43. The third kappa shape index (κ3) is 3.42. The molecule has 1 saturated carbocycles. The Balaban J connectivity index is 1.55. The Morgan fingerprint density at radius 2 is 2.11 bits per heavy atom. The lowest BCUT2D eigenvalue weighted by Crippen LogP contribution is -2.45. The molecule has 0 unspecified atom stereocenters. The van der Waals surface area contributed by atoms with Crippen molar-refractivity contribution in [1.29, 1.82) is 5.26 Å². The summed E-state index contributed by atoms with van der Waals surface area (Å²) in [7, 11) is 0. The lowest BCUT2D eigenvalue weighted by molar-refractivity contribution is -0.119. The monoisotopic (exact) mass is 394 g/mol. The van der Waals surface area contributed by atoms with E-state index < -0.39 is 5.54 Å². The van der Waals surface area contributed by atoms with Gasteiger partial charge in [-0.15, -0.1) is 10.2 Å². The van der Waals surface area contributed by atoms with Crippen molar-refractivity contribution in [3.05, 3.63) is 24.3 Å². The number of hydrogen-bond donors (Lipinski definition) is 1. The average Bonchev–Trinajstić information content (AvgIpc) is 3.30. The van der Waals surface area contributed by atoms with Crippen LogP contribution in [0.5, 0.6) is 0 Å². The zero-order valence-electron chi connectivity index (χ0n) is 15.8. The Hall–Kier alpha value is -2.66. The molecule has 0 bridgehead atoms. The van der Waals surface area contributed by atoms with Crippen molar-refractivity contribution in [2.45, 2.75) is 56.3 Å². The van der Waals surface area contributed by atoms with E-state index in [0.717, 1.165) is 60.7 Å². The van der Waals surface area contributed by atoms with Crippen LogP contribution in [0, 0.1) is 11.3 Å². The second-order valence-corrected chi connectivity index (χ2v) is 8.12. The van der Waals surface area contributed by atoms with E-state index in [9.17, 15) is 10.1 Å². The molecule has 1 fully saturated rings. The summed E-state index contributed by atoms with van der Waals surface area (Å²) < 4.78 is 2.16. The van der Waals surface area contributed by atoms with Crippen LogP contribution in [0.3, 0.4) is 0 Å². The first-order valence-corrected chi connectivity index (χ1v) is 10.6. The minimum atomic E-state index is -0.700. The van der Waals surface area contributed by atoms with Crippen molar-refractivity contribution in [2.75, 3.05) is 5.75 Å². The number of nitrogens with zero attached hydrogens (tertiary/aromatic N) is 5. The number of amides is 1. The molecule has 0 atom stereocenters. The summed E-state index contributed by atoms with van der Waals surface area (Å²) in [5.74, 6) is 0.0104. The zero-order chi connectivity index (χ0) is 19.6. The number of nitriles is 1. The maximum atomic E-state index is 12.3. The third-order valence-electron chi connectivity index (χ3n) is 5.18. The SMILES string of the molecule is CCCn1c2ccccc2c2nnc(SCC(=O)NC3(C#N)CCCC3)nc21. The topological polar surface area (TPSA) is 96.5 Å². The summed E-state index contributed by atoms with van der Waals surface area (Å²) in [5, 5.41) is 22.4. The summed E-state index contributed by atoms with van der Waals surface area (Å²) in [4.78, 5) is 17.0. The number of nitrogens with one attached hydrogen (secondary N) is 1. The van der Waals surface area contributed by atoms with Crippen molar-refractivity contribution in [1.82, 2.24) is 25.1 Å². The average molecular weight is 395 g/mol. The van der Waals surface area contributed by atoms with E-state index in [1.54, 1.807) is 0 Å². The van der Waals surface area contributed by atoms with Gasteiger partial charge in [0.25, 0.3) is 0 Å². The van der Waals surface area contributed by atoms with E-state index in [1.165, 1.54) is 11.8 Å². The van der Waals surface area contributed by atoms with Crippen LogP contribution >= 0.6 is 11.8 Å². The Kier molecular flexibility index (Phi) is 5.18. The Morgan fingerprint density at radius 1 is 1.32 bits per heavy atom. The minimum Gasteiger partial charge on any atom is -0.337 e. The van der Waals surface area contributed by atoms with Gasteiger partial charge in [0.2, 0.25) is 11.1 Å². The summed E-state index contributed by atoms with van der Waals surface area (Å²) in [6, 6.07) is 10.4. The highest BCUT2D eigenvalue weighted by Gasteiger charge is 2.35. The molecule has 0 aliphatic heterocycles. The fraction of sp³-hybridized carbons (Fsp3) is 0.450. The molecule has 0 radical (unpaired) electrons. The maximum absolute atomic E-state index is 12.3. The van der Waals surface area contributed by atoms with E-state index >= 15 is 0 Å². The van der Waals surface area contributed by atoms with Gasteiger partial charge in [0.1, 0.15) is 11.1 Å². The Morgan fingerprint density at radius 3 is 2.86 bits per heavy atom. The van der Waals surface area contributed by atoms with Crippen LogP contribution in [0.25, 0.3) is 22.1 Å². The first kappa shape index (κ1) is 18.7. The van der Waals surface area contributed by atoms with Gasteiger partial charge in [-0.2, -0.15) is 5.26 Å². The lowest BCUT2D eigenvalue weighted by atomic mass is 10.0. The van der Waals surface area contributed by atoms with Crippen molar-refractivity contribution in [3.8, 4) is 6.07 Å². The normalized spacial score (nSPS) is 15.7. The predicted molar refractivity (Wildman–Crippen MR) is 109 cm³/mol. The number of rotatable bonds is 6. The Labute approximate surface area is 167 Å². The van der Waals surface area contributed by atoms with Gasteiger partial charge in [-0.1, -0.05) is 36.9 Å². The zero-order valence-corrected chi connectivity index (χ0v) is 16.6. The van der Waals surface area contributed by atoms with Crippen LogP contribution in [0.15, 0.2) is 29.4 Å². The van der Waals surface area contributed by atoms with Gasteiger partial charge in [-0.25, -0.2) is 4.98 Å². The van der Waals surface area contributed by atoms with Crippen LogP contribution in [0.2, 0.25) is 0 Å². The third-order valence-corrected chi connectivity index (χ3v) is 6.02. The summed E-state index contributed by atoms with van der Waals surface area (Å²) >= 11 is 1.25. The smallest absolute Gasteiger partial charge is 0.231 e. The van der Waals surface area contributed by atoms with Crippen LogP contribution < -0.4 is 5.32 Å². The van der Waals surface area contributed by atoms with Gasteiger partial charge in [0, 0.05) is 11.9 Å². The molecule has 1 N–H and O–H groups in total. The maximum Gasteiger partial charge on any atom is 0.231 e. The van der Waals surface area contributed by atoms with Gasteiger partial charge < -0.3 is 9.88 Å². The first-order valence-electron chi connectivity index (χ1n) is 9.62. The molecule has 1 aliphatic rings. The molecule has 7 nitrogen and oxygen atoms in total. The highest BCUT2D eigenvalue weighted by Crippen LogP contribution is 2.30. The summed E-state index contributed by atoms with van der Waals surface area (Å²) in [6.07, 6.45) is 4.39. The lowest BCUT2D eigenvalue weighted by Gasteiger charge is -2.21. The molecule has 28 heavy (non-hydrogen) atoms. The van der Waals surface area contributed by atoms with E-state index in [-0.39, 0.29) is 11.7 Å². The standard InChI is InChI=1S/C20H22N6OS/c1-2-11-26-15-8-4-3-7-14(15)17-18(26)22-19(25-24-17)28-12-16(27)23-20(13-21)9-5-6-10-20/h3-4,7-8H,2,5-6,9-12H2,1H3,(H,23,27). The quantitative estimate of drug-likeness (QED) is 0.644. The van der Waals surface area contributed by atoms with Crippen molar-refractivity contribution < 1.29 is 4.79 Å². The van der Waals surface area contributed by atoms with Gasteiger partial charge in [0.15, 0.2) is 5.65 Å². The molecule has 4 rings (SSSR count). The molecule has 144 valence electrons. The molecular formula is C20H22N6OS. The minimum absolute atomic E-state index is 0.161. The van der Waals surface area contributed by atoms with E-state index in [0.29, 0.717) is 5.16 Å². The van der Waals surface area contributed by atoms with Crippen molar-refractivity contribution >= 4 is 39.7 Å². The number of aromatic nitrogens is 4. The highest BCUT2D eigenvalue weighted by molar-refractivity contribution is 7.99. The number of para-hydroxylation sites is 1. The fourth-order valence-electron chi connectivity index (χ4n) is 3.88. The van der Waals surface area contributed by atoms with Crippen LogP contribution in [0.4, 0.5) is 0 Å². The molecular weight excluding hydrogens is 372 g/mol. The van der Waals surface area contributed by atoms with E-state index in [2.05, 4.69) is 44.1 Å². The largest absolute Gasteiger partial charge is 0.337 e. The number of benzene rings is 1. The first-order chi connectivity index (χ1) is 13.7. The van der Waals surface area contributed by atoms with Gasteiger partial charge in [-0.05, 0) is 38.2 Å². The molecule has 2 heterocycles. The second kappa shape index (κ2) is 7.76. The molecule has 1 aromatic carbocycles. The molecule has 1 amide bonds. The fourth-order valence-corrected chi connectivity index (χ4v) is 4.46. The molecule has 8 heteroatoms. The number of carbonyl (C=O) groups is 1. The number of hydrogen-bond acceptors (Lipinski definition) is 6. The number of fused-ring (bicyclic) bond motifs is 3. The Bertz CT molecular complexity index is 1060. The van der Waals surface area contributed by atoms with Crippen LogP contribution in [-0.4, -0.2) is 36.9 Å². The van der Waals surface area contributed by atoms with Crippen molar-refractivity contribution in [2.24, 2.45) is 0 Å². The summed E-state index contributed by atoms with van der Waals surface area (Å²) in [6.45, 7) is 2.97. The molecule has 1 aliphatic carbocycles. The van der Waals surface area contributed by atoms with Gasteiger partial charge in [0.05, 0.1) is 17.3 Å².